The van der Waals surface area contributed by atoms with Gasteiger partial charge in [-0.15, -0.1) is 0 Å². The maximum absolute atomic E-state index is 13.4. The maximum Gasteiger partial charge on any atom is 0.306 e. The number of esters is 1. The first-order valence-electron chi connectivity index (χ1n) is 30.6. The third-order valence-corrected chi connectivity index (χ3v) is 14.2. The van der Waals surface area contributed by atoms with Gasteiger partial charge in [0, 0.05) is 6.42 Å². The number of aliphatic hydroxyl groups is 5. The molecule has 1 fully saturated rings. The van der Waals surface area contributed by atoms with Gasteiger partial charge in [-0.05, 0) is 83.5 Å². The molecule has 1 saturated heterocycles. The number of amides is 1. The number of rotatable bonds is 51. The Morgan fingerprint density at radius 1 is 0.541 bits per heavy atom. The Balaban J connectivity index is 2.70. The van der Waals surface area contributed by atoms with Crippen molar-refractivity contribution in [3.8, 4) is 0 Å². The summed E-state index contributed by atoms with van der Waals surface area (Å²) in [6.07, 6.45) is 52.6. The van der Waals surface area contributed by atoms with Crippen LogP contribution in [0.5, 0.6) is 0 Å². The van der Waals surface area contributed by atoms with Crippen molar-refractivity contribution in [1.82, 2.24) is 5.32 Å². The van der Waals surface area contributed by atoms with Crippen LogP contribution in [0.3, 0.4) is 0 Å². The minimum Gasteiger partial charge on any atom is -0.454 e. The van der Waals surface area contributed by atoms with Gasteiger partial charge >= 0.3 is 5.97 Å². The molecule has 8 unspecified atom stereocenters. The molecular formula is C63H113NO10. The largest absolute Gasteiger partial charge is 0.454 e. The van der Waals surface area contributed by atoms with Crippen LogP contribution in [-0.2, 0) is 23.8 Å². The smallest absolute Gasteiger partial charge is 0.306 e. The van der Waals surface area contributed by atoms with Crippen LogP contribution >= 0.6 is 0 Å². The zero-order valence-electron chi connectivity index (χ0n) is 47.5. The van der Waals surface area contributed by atoms with Crippen LogP contribution in [0.1, 0.15) is 265 Å². The number of carbonyl (C=O) groups excluding carboxylic acids is 2. The Morgan fingerprint density at radius 3 is 1.47 bits per heavy atom. The Hall–Kier alpha value is -2.64. The summed E-state index contributed by atoms with van der Waals surface area (Å²) >= 11 is 0. The van der Waals surface area contributed by atoms with Crippen LogP contribution in [0.25, 0.3) is 0 Å². The number of hydrogen-bond acceptors (Lipinski definition) is 10. The van der Waals surface area contributed by atoms with Crippen LogP contribution in [0.2, 0.25) is 0 Å². The second kappa shape index (κ2) is 51.1. The van der Waals surface area contributed by atoms with Crippen molar-refractivity contribution in [3.63, 3.8) is 0 Å². The van der Waals surface area contributed by atoms with E-state index in [0.717, 1.165) is 77.0 Å². The van der Waals surface area contributed by atoms with Crippen molar-refractivity contribution < 1.29 is 49.3 Å². The molecule has 0 aromatic carbocycles. The molecule has 1 aliphatic rings. The summed E-state index contributed by atoms with van der Waals surface area (Å²) < 4.78 is 17.6. The molecule has 0 aromatic heterocycles. The summed E-state index contributed by atoms with van der Waals surface area (Å²) in [6.45, 7) is 5.66. The molecule has 1 aliphatic heterocycles. The van der Waals surface area contributed by atoms with Crippen LogP contribution in [0.4, 0.5) is 0 Å². The van der Waals surface area contributed by atoms with Gasteiger partial charge < -0.3 is 45.1 Å². The Bertz CT molecular complexity index is 1430. The average Bonchev–Trinajstić information content (AvgIpc) is 3.40. The van der Waals surface area contributed by atoms with Gasteiger partial charge in [0.25, 0.3) is 0 Å². The van der Waals surface area contributed by atoms with E-state index in [-0.39, 0.29) is 19.4 Å². The van der Waals surface area contributed by atoms with E-state index in [9.17, 15) is 35.1 Å². The lowest BCUT2D eigenvalue weighted by Crippen LogP contribution is -2.61. The average molecular weight is 1040 g/mol. The number of carbonyl (C=O) groups is 2. The highest BCUT2D eigenvalue weighted by Gasteiger charge is 2.47. The highest BCUT2D eigenvalue weighted by molar-refractivity contribution is 5.80. The summed E-state index contributed by atoms with van der Waals surface area (Å²) in [7, 11) is 0. The molecule has 8 atom stereocenters. The van der Waals surface area contributed by atoms with Gasteiger partial charge in [-0.3, -0.25) is 9.59 Å². The van der Waals surface area contributed by atoms with Crippen molar-refractivity contribution in [2.24, 2.45) is 0 Å². The third-order valence-electron chi connectivity index (χ3n) is 14.2. The lowest BCUT2D eigenvalue weighted by molar-refractivity contribution is -0.305. The van der Waals surface area contributed by atoms with Crippen molar-refractivity contribution >= 4 is 11.9 Å². The van der Waals surface area contributed by atoms with E-state index in [0.29, 0.717) is 12.8 Å². The molecule has 0 bridgehead atoms. The maximum atomic E-state index is 13.4. The van der Waals surface area contributed by atoms with E-state index < -0.39 is 67.4 Å². The van der Waals surface area contributed by atoms with Gasteiger partial charge in [-0.1, -0.05) is 236 Å². The summed E-state index contributed by atoms with van der Waals surface area (Å²) in [5.74, 6) is -1.22. The molecule has 1 amide bonds. The van der Waals surface area contributed by atoms with Crippen molar-refractivity contribution in [1.29, 1.82) is 0 Å². The molecular weight excluding hydrogens is 931 g/mol. The van der Waals surface area contributed by atoms with Crippen molar-refractivity contribution in [2.45, 2.75) is 314 Å². The first-order chi connectivity index (χ1) is 36.2. The number of allylic oxidation sites excluding steroid dienone is 9. The van der Waals surface area contributed by atoms with Gasteiger partial charge in [-0.25, -0.2) is 0 Å². The molecule has 1 rings (SSSR count). The Labute approximate surface area is 452 Å². The predicted molar refractivity (Wildman–Crippen MR) is 306 cm³/mol. The molecule has 0 spiro atoms. The summed E-state index contributed by atoms with van der Waals surface area (Å²) in [4.78, 5) is 26.5. The van der Waals surface area contributed by atoms with E-state index in [1.165, 1.54) is 141 Å². The van der Waals surface area contributed by atoms with E-state index in [1.807, 2.05) is 6.08 Å². The van der Waals surface area contributed by atoms with Crippen LogP contribution in [0, 0.1) is 0 Å². The summed E-state index contributed by atoms with van der Waals surface area (Å²) in [5, 5.41) is 56.9. The first kappa shape index (κ1) is 69.4. The molecule has 0 aliphatic carbocycles. The molecule has 1 heterocycles. The predicted octanol–water partition coefficient (Wildman–Crippen LogP) is 14.2. The van der Waals surface area contributed by atoms with Crippen LogP contribution in [-0.4, -0.2) is 99.6 Å². The Morgan fingerprint density at radius 2 is 0.973 bits per heavy atom. The standard InChI is InChI=1S/C63H113NO10/c1-4-7-10-13-16-19-22-25-26-27-28-29-30-33-36-39-42-45-48-51-58(68)74-61-60(70)59(69)57(52-65)73-63(61)72-53-54(55(66)49-46-43-40-37-34-31-23-20-17-14-11-8-5-2)64-62(71)56(67)50-47-44-41-38-35-32-24-21-18-15-12-9-6-3/h9,12,18,21,25-26,32,35,46,49,54-57,59-61,63,65-67,69-70H,4-8,10-11,13-17,19-20,22-24,27-31,33-34,36-45,47-48,50-53H2,1-3H3,(H,64,71)/b12-9+,21-18+,26-25+,35-32+,49-46+. The molecule has 0 radical (unpaired) electrons. The fourth-order valence-corrected chi connectivity index (χ4v) is 9.31. The number of unbranched alkanes of at least 4 members (excludes halogenated alkanes) is 29. The monoisotopic (exact) mass is 1040 g/mol. The van der Waals surface area contributed by atoms with Gasteiger partial charge in [0.2, 0.25) is 5.91 Å². The number of ether oxygens (including phenoxy) is 3. The van der Waals surface area contributed by atoms with Crippen molar-refractivity contribution in [2.75, 3.05) is 13.2 Å². The minimum atomic E-state index is -1.62. The quantitative estimate of drug-likeness (QED) is 0.0195. The number of nitrogens with one attached hydrogen (secondary N) is 1. The van der Waals surface area contributed by atoms with E-state index in [1.54, 1.807) is 6.08 Å². The molecule has 0 aromatic rings. The zero-order chi connectivity index (χ0) is 54.0. The van der Waals surface area contributed by atoms with Gasteiger partial charge in [0.15, 0.2) is 12.4 Å². The lowest BCUT2D eigenvalue weighted by atomic mass is 9.99. The van der Waals surface area contributed by atoms with Gasteiger partial charge in [0.1, 0.15) is 24.4 Å². The van der Waals surface area contributed by atoms with Gasteiger partial charge in [0.05, 0.1) is 25.4 Å². The molecule has 0 saturated carbocycles. The number of hydrogen-bond donors (Lipinski definition) is 6. The minimum absolute atomic E-state index is 0.118. The van der Waals surface area contributed by atoms with Gasteiger partial charge in [-0.2, -0.15) is 0 Å². The summed E-state index contributed by atoms with van der Waals surface area (Å²) in [5.41, 5.74) is 0. The van der Waals surface area contributed by atoms with Crippen LogP contribution in [0.15, 0.2) is 60.8 Å². The normalized spacial score (nSPS) is 19.7. The second-order valence-electron chi connectivity index (χ2n) is 21.0. The second-order valence-corrected chi connectivity index (χ2v) is 21.0. The highest BCUT2D eigenvalue weighted by Crippen LogP contribution is 2.26. The lowest BCUT2D eigenvalue weighted by Gasteiger charge is -2.41. The third kappa shape index (κ3) is 38.8. The fraction of sp³-hybridized carbons (Fsp3) is 0.810. The topological polar surface area (TPSA) is 175 Å². The van der Waals surface area contributed by atoms with E-state index in [4.69, 9.17) is 14.2 Å². The molecule has 11 nitrogen and oxygen atoms in total. The number of aliphatic hydroxyl groups excluding tert-OH is 5. The summed E-state index contributed by atoms with van der Waals surface area (Å²) in [6, 6.07) is -1.04. The SMILES string of the molecule is CC/C=C/C/C=C/C/C=C/CCCCCC(O)C(=O)NC(COC1OC(CO)C(O)C(O)C1OC(=O)CCCCCCCCCCC/C=C/CCCCCCCC)C(O)/C=C/CCCCCCCCCCCCC. The molecule has 6 N–H and O–H groups in total. The van der Waals surface area contributed by atoms with E-state index >= 15 is 0 Å². The molecule has 11 heteroatoms. The Kier molecular flexibility index (Phi) is 47.9. The van der Waals surface area contributed by atoms with Crippen LogP contribution < -0.4 is 5.32 Å². The molecule has 430 valence electrons. The fourth-order valence-electron chi connectivity index (χ4n) is 9.31. The highest BCUT2D eigenvalue weighted by atomic mass is 16.7. The van der Waals surface area contributed by atoms with E-state index in [2.05, 4.69) is 74.7 Å². The molecule has 74 heavy (non-hydrogen) atoms. The zero-order valence-corrected chi connectivity index (χ0v) is 47.5. The first-order valence-corrected chi connectivity index (χ1v) is 30.6. The van der Waals surface area contributed by atoms with Crippen molar-refractivity contribution in [3.05, 3.63) is 60.8 Å².